The molecule has 0 fully saturated rings. The van der Waals surface area contributed by atoms with Gasteiger partial charge >= 0.3 is 5.97 Å². The number of carbonyl (C=O) groups is 1. The highest BCUT2D eigenvalue weighted by atomic mass is 79.9. The van der Waals surface area contributed by atoms with Crippen molar-refractivity contribution in [3.63, 3.8) is 0 Å². The topological polar surface area (TPSA) is 46.5 Å². The molecule has 0 rings (SSSR count). The number of aliphatic carboxylic acids is 1. The Balaban J connectivity index is 4.28. The summed E-state index contributed by atoms with van der Waals surface area (Å²) in [5, 5.41) is 8.27. The summed E-state index contributed by atoms with van der Waals surface area (Å²) < 4.78 is 4.69. The van der Waals surface area contributed by atoms with Gasteiger partial charge in [-0.1, -0.05) is 0 Å². The first-order valence-electron chi connectivity index (χ1n) is 1.92. The molecule has 0 saturated heterocycles. The Morgan fingerprint density at radius 2 is 2.00 bits per heavy atom. The van der Waals surface area contributed by atoms with Crippen molar-refractivity contribution in [3.05, 3.63) is 9.15 Å². The van der Waals surface area contributed by atoms with Crippen LogP contribution in [-0.2, 0) is 9.53 Å². The maximum absolute atomic E-state index is 10.1. The molecule has 9 heavy (non-hydrogen) atoms. The molecule has 0 aromatic rings. The van der Waals surface area contributed by atoms with Crippen LogP contribution in [0.3, 0.4) is 0 Å². The van der Waals surface area contributed by atoms with Gasteiger partial charge in [-0.05, 0) is 31.9 Å². The number of hydrogen-bond acceptors (Lipinski definition) is 2. The molecule has 0 heterocycles. The van der Waals surface area contributed by atoms with Gasteiger partial charge in [0.05, 0.1) is 7.11 Å². The van der Waals surface area contributed by atoms with E-state index in [1.807, 2.05) is 0 Å². The van der Waals surface area contributed by atoms with E-state index in [4.69, 9.17) is 5.11 Å². The average molecular weight is 260 g/mol. The van der Waals surface area contributed by atoms with Crippen molar-refractivity contribution >= 4 is 37.8 Å². The molecule has 1 N–H and O–H groups in total. The van der Waals surface area contributed by atoms with E-state index in [9.17, 15) is 4.79 Å². The standard InChI is InChI=1S/C4H4Br2O3/c1-9-3(6)2(5)4(7)8/h1H3,(H,7,8). The number of ether oxygens (including phenoxy) is 1. The van der Waals surface area contributed by atoms with Gasteiger partial charge in [-0.2, -0.15) is 0 Å². The summed E-state index contributed by atoms with van der Waals surface area (Å²) in [6.07, 6.45) is 0. The lowest BCUT2D eigenvalue weighted by molar-refractivity contribution is -0.131. The lowest BCUT2D eigenvalue weighted by atomic mass is 10.6. The van der Waals surface area contributed by atoms with Crippen molar-refractivity contribution in [2.45, 2.75) is 0 Å². The second kappa shape index (κ2) is 3.90. The smallest absolute Gasteiger partial charge is 0.347 e. The molecule has 0 saturated carbocycles. The van der Waals surface area contributed by atoms with Gasteiger partial charge in [-0.15, -0.1) is 0 Å². The van der Waals surface area contributed by atoms with Gasteiger partial charge in [0.2, 0.25) is 0 Å². The van der Waals surface area contributed by atoms with Crippen LogP contribution in [0.2, 0.25) is 0 Å². The van der Waals surface area contributed by atoms with Crippen LogP contribution in [0.25, 0.3) is 0 Å². The van der Waals surface area contributed by atoms with Gasteiger partial charge in [0, 0.05) is 0 Å². The second-order valence-electron chi connectivity index (χ2n) is 1.10. The summed E-state index contributed by atoms with van der Waals surface area (Å²) in [4.78, 5) is 10.1. The zero-order valence-corrected chi connectivity index (χ0v) is 7.69. The summed E-state index contributed by atoms with van der Waals surface area (Å²) in [6.45, 7) is 0. The fraction of sp³-hybridized carbons (Fsp3) is 0.250. The van der Waals surface area contributed by atoms with Crippen LogP contribution in [0.15, 0.2) is 9.15 Å². The number of carboxylic acids is 1. The Hall–Kier alpha value is -0.0300. The molecule has 0 radical (unpaired) electrons. The van der Waals surface area contributed by atoms with E-state index >= 15 is 0 Å². The number of rotatable bonds is 2. The van der Waals surface area contributed by atoms with Crippen molar-refractivity contribution < 1.29 is 14.6 Å². The van der Waals surface area contributed by atoms with Crippen molar-refractivity contribution in [3.8, 4) is 0 Å². The monoisotopic (exact) mass is 258 g/mol. The van der Waals surface area contributed by atoms with E-state index in [1.165, 1.54) is 7.11 Å². The minimum Gasteiger partial charge on any atom is -0.489 e. The van der Waals surface area contributed by atoms with E-state index in [-0.39, 0.29) is 9.15 Å². The Kier molecular flexibility index (Phi) is 3.88. The zero-order chi connectivity index (χ0) is 7.44. The molecule has 0 unspecified atom stereocenters. The third kappa shape index (κ3) is 2.86. The molecule has 3 nitrogen and oxygen atoms in total. The lowest BCUT2D eigenvalue weighted by Gasteiger charge is -1.95. The Bertz CT molecular complexity index is 152. The van der Waals surface area contributed by atoms with E-state index < -0.39 is 5.97 Å². The summed E-state index contributed by atoms with van der Waals surface area (Å²) >= 11 is 5.65. The van der Waals surface area contributed by atoms with Gasteiger partial charge < -0.3 is 9.84 Å². The first-order chi connectivity index (χ1) is 4.09. The van der Waals surface area contributed by atoms with E-state index in [0.29, 0.717) is 0 Å². The van der Waals surface area contributed by atoms with Crippen molar-refractivity contribution in [1.82, 2.24) is 0 Å². The first-order valence-corrected chi connectivity index (χ1v) is 3.50. The summed E-state index contributed by atoms with van der Waals surface area (Å²) in [7, 11) is 1.37. The van der Waals surface area contributed by atoms with Crippen LogP contribution in [0.5, 0.6) is 0 Å². The van der Waals surface area contributed by atoms with Crippen LogP contribution < -0.4 is 0 Å². The molecule has 0 aromatic carbocycles. The van der Waals surface area contributed by atoms with Gasteiger partial charge in [0.25, 0.3) is 0 Å². The van der Waals surface area contributed by atoms with Crippen LogP contribution in [-0.4, -0.2) is 18.2 Å². The molecule has 0 aliphatic rings. The summed E-state index contributed by atoms with van der Waals surface area (Å²) in [5.74, 6) is -1.07. The fourth-order valence-corrected chi connectivity index (χ4v) is 0.505. The predicted octanol–water partition coefficient (Wildman–Crippen LogP) is 1.68. The maximum atomic E-state index is 10.1. The minimum absolute atomic E-state index is 0.0231. The predicted molar refractivity (Wildman–Crippen MR) is 39.5 cm³/mol. The maximum Gasteiger partial charge on any atom is 0.347 e. The highest BCUT2D eigenvalue weighted by Gasteiger charge is 2.07. The number of halogens is 2. The van der Waals surface area contributed by atoms with Crippen molar-refractivity contribution in [2.75, 3.05) is 7.11 Å². The third-order valence-electron chi connectivity index (χ3n) is 0.540. The summed E-state index contributed by atoms with van der Waals surface area (Å²) in [5.41, 5.74) is 0. The molecule has 52 valence electrons. The average Bonchev–Trinajstić information content (AvgIpc) is 1.84. The number of hydrogen-bond donors (Lipinski definition) is 1. The molecule has 5 heteroatoms. The SMILES string of the molecule is COC(Br)=C(Br)C(=O)O. The molecule has 0 atom stereocenters. The summed E-state index contributed by atoms with van der Waals surface area (Å²) in [6, 6.07) is 0. The molecule has 0 aliphatic heterocycles. The Morgan fingerprint density at radius 1 is 1.56 bits per heavy atom. The number of carboxylic acid groups (broad SMARTS) is 1. The van der Waals surface area contributed by atoms with Crippen LogP contribution in [0.4, 0.5) is 0 Å². The Labute approximate surface area is 68.9 Å². The lowest BCUT2D eigenvalue weighted by Crippen LogP contribution is -1.95. The molecule has 0 spiro atoms. The minimum atomic E-state index is -1.07. The van der Waals surface area contributed by atoms with Crippen molar-refractivity contribution in [2.24, 2.45) is 0 Å². The van der Waals surface area contributed by atoms with Gasteiger partial charge in [0.15, 0.2) is 9.15 Å². The molecular weight excluding hydrogens is 256 g/mol. The fourth-order valence-electron chi connectivity index (χ4n) is 0.174. The van der Waals surface area contributed by atoms with Gasteiger partial charge in [0.1, 0.15) is 0 Å². The highest BCUT2D eigenvalue weighted by molar-refractivity contribution is 9.14. The van der Waals surface area contributed by atoms with Crippen molar-refractivity contribution in [1.29, 1.82) is 0 Å². The largest absolute Gasteiger partial charge is 0.489 e. The molecule has 0 aliphatic carbocycles. The van der Waals surface area contributed by atoms with Crippen LogP contribution >= 0.6 is 31.9 Å². The van der Waals surface area contributed by atoms with E-state index in [2.05, 4.69) is 36.6 Å². The van der Waals surface area contributed by atoms with E-state index in [1.54, 1.807) is 0 Å². The molecule has 0 aromatic heterocycles. The number of methoxy groups -OCH3 is 1. The first kappa shape index (κ1) is 8.97. The highest BCUT2D eigenvalue weighted by Crippen LogP contribution is 2.17. The molecule has 0 bridgehead atoms. The molecular formula is C4H4Br2O3. The Morgan fingerprint density at radius 3 is 2.11 bits per heavy atom. The van der Waals surface area contributed by atoms with E-state index in [0.717, 1.165) is 0 Å². The quantitative estimate of drug-likeness (QED) is 0.606. The zero-order valence-electron chi connectivity index (χ0n) is 4.52. The van der Waals surface area contributed by atoms with Crippen LogP contribution in [0.1, 0.15) is 0 Å². The third-order valence-corrected chi connectivity index (χ3v) is 2.49. The normalized spacial score (nSPS) is 12.3. The van der Waals surface area contributed by atoms with Gasteiger partial charge in [-0.3, -0.25) is 0 Å². The van der Waals surface area contributed by atoms with Gasteiger partial charge in [-0.25, -0.2) is 4.79 Å². The second-order valence-corrected chi connectivity index (χ2v) is 2.61. The van der Waals surface area contributed by atoms with Crippen LogP contribution in [0, 0.1) is 0 Å². The molecule has 0 amide bonds.